The van der Waals surface area contributed by atoms with Crippen LogP contribution in [-0.4, -0.2) is 85.5 Å². The monoisotopic (exact) mass is 874 g/mol. The lowest BCUT2D eigenvalue weighted by molar-refractivity contribution is -0.935. The van der Waals surface area contributed by atoms with E-state index in [0.29, 0.717) is 0 Å². The lowest BCUT2D eigenvalue weighted by Gasteiger charge is -2.44. The second kappa shape index (κ2) is 21.9. The minimum absolute atomic E-state index is 0. The van der Waals surface area contributed by atoms with E-state index in [1.807, 2.05) is 121 Å². The van der Waals surface area contributed by atoms with Gasteiger partial charge in [-0.05, 0) is 68.2 Å². The normalized spacial score (nSPS) is 22.3. The lowest BCUT2D eigenvalue weighted by Crippen LogP contribution is -3.00. The molecular formula is C47H60Br2N2O4. The van der Waals surface area contributed by atoms with Crippen molar-refractivity contribution in [1.82, 2.24) is 0 Å². The summed E-state index contributed by atoms with van der Waals surface area (Å²) >= 11 is 0. The van der Waals surface area contributed by atoms with E-state index in [1.54, 1.807) is 0 Å². The Kier molecular flexibility index (Phi) is 17.6. The van der Waals surface area contributed by atoms with Crippen molar-refractivity contribution in [2.75, 3.05) is 52.4 Å². The van der Waals surface area contributed by atoms with Gasteiger partial charge in [0.2, 0.25) is 0 Å². The minimum Gasteiger partial charge on any atom is -1.00 e. The number of nitrogens with zero attached hydrogens (tertiary/aromatic N) is 2. The third-order valence-corrected chi connectivity index (χ3v) is 12.2. The molecule has 4 atom stereocenters. The van der Waals surface area contributed by atoms with Crippen LogP contribution in [0.2, 0.25) is 0 Å². The van der Waals surface area contributed by atoms with Gasteiger partial charge in [0.25, 0.3) is 0 Å². The maximum atomic E-state index is 13.8. The van der Waals surface area contributed by atoms with Gasteiger partial charge in [-0.25, -0.2) is 0 Å². The van der Waals surface area contributed by atoms with E-state index in [1.165, 1.54) is 19.3 Å². The van der Waals surface area contributed by atoms with Gasteiger partial charge in [0.1, 0.15) is 24.9 Å². The number of esters is 2. The number of carbonyl (C=O) groups excluding carboxylic acids is 2. The minimum atomic E-state index is -0.413. The standard InChI is InChI=1S/C47H60N2O4.2BrH/c1-3-48(34-20-30-42(36-48)52-46(50)44(38-22-10-5-11-23-38)39-24-12-6-13-25-39)32-18-9-19-33-49(4-2)35-21-31-43(37-49)53-47(51)45(40-26-14-7-15-27-40)41-28-16-8-17-29-41;;/h5-8,10-17,22-29,42-45H,3-4,9,18-21,30-37H2,1-2H3;2*1H/q+2;;/p-2. The molecule has 8 heteroatoms. The Balaban J connectivity index is 0.00000336. The van der Waals surface area contributed by atoms with Gasteiger partial charge < -0.3 is 52.4 Å². The summed E-state index contributed by atoms with van der Waals surface area (Å²) in [7, 11) is 0. The number of benzene rings is 4. The summed E-state index contributed by atoms with van der Waals surface area (Å²) in [6, 6.07) is 40.2. The van der Waals surface area contributed by atoms with Crippen molar-refractivity contribution in [1.29, 1.82) is 0 Å². The van der Waals surface area contributed by atoms with Crippen LogP contribution < -0.4 is 34.0 Å². The highest BCUT2D eigenvalue weighted by atomic mass is 79.9. The first kappa shape index (κ1) is 44.4. The van der Waals surface area contributed by atoms with Crippen LogP contribution in [0.1, 0.15) is 92.9 Å². The number of likely N-dealkylation sites (N-methyl/N-ethyl adjacent to an activating group) is 2. The number of ether oxygens (including phenoxy) is 2. The first-order valence-electron chi connectivity index (χ1n) is 20.2. The summed E-state index contributed by atoms with van der Waals surface area (Å²) < 4.78 is 14.8. The quantitative estimate of drug-likeness (QED) is 0.0989. The van der Waals surface area contributed by atoms with Crippen LogP contribution >= 0.6 is 0 Å². The molecule has 4 unspecified atom stereocenters. The molecule has 2 aliphatic rings. The van der Waals surface area contributed by atoms with Crippen LogP contribution in [0.5, 0.6) is 0 Å². The van der Waals surface area contributed by atoms with Crippen LogP contribution in [0.3, 0.4) is 0 Å². The average molecular weight is 877 g/mol. The van der Waals surface area contributed by atoms with Gasteiger partial charge in [0.15, 0.2) is 12.2 Å². The Hall–Kier alpha value is -3.30. The molecule has 0 bridgehead atoms. The number of carbonyl (C=O) groups is 2. The largest absolute Gasteiger partial charge is 1.00 e. The lowest BCUT2D eigenvalue weighted by atomic mass is 9.91. The fraction of sp³-hybridized carbons (Fsp3) is 0.447. The Bertz CT molecular complexity index is 1510. The van der Waals surface area contributed by atoms with E-state index < -0.39 is 11.8 Å². The molecule has 0 radical (unpaired) electrons. The summed E-state index contributed by atoms with van der Waals surface area (Å²) in [6.45, 7) is 13.1. The first-order valence-corrected chi connectivity index (χ1v) is 20.2. The third kappa shape index (κ3) is 11.9. The highest BCUT2D eigenvalue weighted by Crippen LogP contribution is 2.31. The fourth-order valence-electron chi connectivity index (χ4n) is 9.07. The molecule has 0 aliphatic carbocycles. The zero-order valence-electron chi connectivity index (χ0n) is 32.7. The predicted octanol–water partition coefficient (Wildman–Crippen LogP) is 2.91. The van der Waals surface area contributed by atoms with Crippen molar-refractivity contribution in [2.45, 2.75) is 82.8 Å². The molecular weight excluding hydrogens is 816 g/mol. The molecule has 4 aromatic rings. The summed E-state index contributed by atoms with van der Waals surface area (Å²) in [4.78, 5) is 27.6. The molecule has 0 spiro atoms. The molecule has 296 valence electrons. The number of hydrogen-bond acceptors (Lipinski definition) is 4. The Labute approximate surface area is 350 Å². The maximum Gasteiger partial charge on any atom is 0.318 e. The predicted molar refractivity (Wildman–Crippen MR) is 212 cm³/mol. The Morgan fingerprint density at radius 2 is 0.836 bits per heavy atom. The van der Waals surface area contributed by atoms with Gasteiger partial charge in [0.05, 0.1) is 39.3 Å². The number of quaternary nitrogens is 2. The number of halogens is 2. The Morgan fingerprint density at radius 3 is 1.13 bits per heavy atom. The first-order chi connectivity index (χ1) is 25.9. The fourth-order valence-corrected chi connectivity index (χ4v) is 9.07. The summed E-state index contributed by atoms with van der Waals surface area (Å²) in [5.41, 5.74) is 3.91. The molecule has 0 saturated carbocycles. The molecule has 2 saturated heterocycles. The van der Waals surface area contributed by atoms with Crippen molar-refractivity contribution in [3.05, 3.63) is 144 Å². The van der Waals surface area contributed by atoms with E-state index in [9.17, 15) is 9.59 Å². The molecule has 55 heavy (non-hydrogen) atoms. The van der Waals surface area contributed by atoms with Crippen LogP contribution in [0.15, 0.2) is 121 Å². The van der Waals surface area contributed by atoms with Crippen molar-refractivity contribution in [3.63, 3.8) is 0 Å². The highest BCUT2D eigenvalue weighted by Gasteiger charge is 2.39. The van der Waals surface area contributed by atoms with Gasteiger partial charge in [-0.3, -0.25) is 9.59 Å². The molecule has 2 heterocycles. The topological polar surface area (TPSA) is 52.6 Å². The summed E-state index contributed by atoms with van der Waals surface area (Å²) in [5.74, 6) is -1.11. The third-order valence-electron chi connectivity index (χ3n) is 12.2. The maximum absolute atomic E-state index is 13.8. The second-order valence-corrected chi connectivity index (χ2v) is 15.5. The van der Waals surface area contributed by atoms with Crippen LogP contribution in [-0.2, 0) is 19.1 Å². The van der Waals surface area contributed by atoms with Gasteiger partial charge >= 0.3 is 11.9 Å². The van der Waals surface area contributed by atoms with E-state index in [-0.39, 0.29) is 58.1 Å². The number of unbranched alkanes of at least 4 members (excludes halogenated alkanes) is 2. The zero-order chi connectivity index (χ0) is 36.9. The van der Waals surface area contributed by atoms with Crippen LogP contribution in [0.4, 0.5) is 0 Å². The molecule has 2 fully saturated rings. The number of likely N-dealkylation sites (tertiary alicyclic amines) is 2. The van der Waals surface area contributed by atoms with Crippen molar-refractivity contribution in [2.24, 2.45) is 0 Å². The molecule has 0 N–H and O–H groups in total. The number of hydrogen-bond donors (Lipinski definition) is 0. The summed E-state index contributed by atoms with van der Waals surface area (Å²) in [5, 5.41) is 0. The van der Waals surface area contributed by atoms with Gasteiger partial charge in [0, 0.05) is 12.8 Å². The molecule has 0 amide bonds. The zero-order valence-corrected chi connectivity index (χ0v) is 35.9. The number of piperidine rings is 2. The van der Waals surface area contributed by atoms with E-state index >= 15 is 0 Å². The highest BCUT2D eigenvalue weighted by molar-refractivity contribution is 5.83. The summed E-state index contributed by atoms with van der Waals surface area (Å²) in [6.07, 6.45) is 7.43. The van der Waals surface area contributed by atoms with Crippen molar-refractivity contribution < 1.29 is 62.0 Å². The molecule has 6 rings (SSSR count). The van der Waals surface area contributed by atoms with Crippen molar-refractivity contribution >= 4 is 11.9 Å². The van der Waals surface area contributed by atoms with Gasteiger partial charge in [-0.15, -0.1) is 0 Å². The average Bonchev–Trinajstić information content (AvgIpc) is 3.20. The molecule has 6 nitrogen and oxygen atoms in total. The Morgan fingerprint density at radius 1 is 0.527 bits per heavy atom. The molecule has 2 aliphatic heterocycles. The van der Waals surface area contributed by atoms with Crippen LogP contribution in [0.25, 0.3) is 0 Å². The SMILES string of the molecule is CC[N+]1(CCCCC[N+]2(CC)CCCC(OC(=O)C(c3ccccc3)c3ccccc3)C2)CCCC(OC(=O)C(c2ccccc2)c2ccccc2)C1.[Br-].[Br-]. The van der Waals surface area contributed by atoms with Gasteiger partial charge in [-0.1, -0.05) is 121 Å². The second-order valence-electron chi connectivity index (χ2n) is 15.5. The molecule has 0 aromatic heterocycles. The van der Waals surface area contributed by atoms with Crippen molar-refractivity contribution in [3.8, 4) is 0 Å². The van der Waals surface area contributed by atoms with E-state index in [4.69, 9.17) is 9.47 Å². The smallest absolute Gasteiger partial charge is 0.318 e. The van der Waals surface area contributed by atoms with Crippen LogP contribution in [0, 0.1) is 0 Å². The van der Waals surface area contributed by atoms with E-state index in [0.717, 1.165) is 109 Å². The number of rotatable bonds is 16. The van der Waals surface area contributed by atoms with E-state index in [2.05, 4.69) is 13.8 Å². The van der Waals surface area contributed by atoms with Gasteiger partial charge in [-0.2, -0.15) is 0 Å². The molecule has 4 aromatic carbocycles.